The second-order valence-electron chi connectivity index (χ2n) is 5.81. The van der Waals surface area contributed by atoms with Gasteiger partial charge in [-0.3, -0.25) is 4.79 Å². The summed E-state index contributed by atoms with van der Waals surface area (Å²) in [5.74, 6) is 0.726. The number of benzene rings is 1. The van der Waals surface area contributed by atoms with Crippen LogP contribution in [0.1, 0.15) is 42.8 Å². The van der Waals surface area contributed by atoms with Crippen LogP contribution in [0.4, 0.5) is 5.82 Å². The fourth-order valence-electron chi connectivity index (χ4n) is 2.11. The molecule has 0 unspecified atom stereocenters. The number of rotatable bonds is 10. The zero-order valence-electron chi connectivity index (χ0n) is 15.7. The first-order valence-electron chi connectivity index (χ1n) is 8.83. The van der Waals surface area contributed by atoms with Crippen LogP contribution in [0.3, 0.4) is 0 Å². The van der Waals surface area contributed by atoms with Crippen molar-refractivity contribution in [3.8, 4) is 11.5 Å². The van der Waals surface area contributed by atoms with Crippen LogP contribution in [0.2, 0.25) is 0 Å². The van der Waals surface area contributed by atoms with E-state index in [-0.39, 0.29) is 11.4 Å². The number of nitrogens with zero attached hydrogens (tertiary/aromatic N) is 1. The van der Waals surface area contributed by atoms with E-state index in [1.807, 2.05) is 13.8 Å². The summed E-state index contributed by atoms with van der Waals surface area (Å²) in [6.45, 7) is 6.30. The highest BCUT2D eigenvalue weighted by atomic mass is 16.5. The number of carbonyl (C=O) groups excluding carboxylic acids is 2. The van der Waals surface area contributed by atoms with E-state index in [1.54, 1.807) is 31.2 Å². The Morgan fingerprint density at radius 3 is 2.41 bits per heavy atom. The fourth-order valence-corrected chi connectivity index (χ4v) is 2.11. The first-order chi connectivity index (χ1) is 13.0. The molecule has 0 aliphatic rings. The minimum atomic E-state index is -0.634. The second kappa shape index (κ2) is 10.2. The van der Waals surface area contributed by atoms with E-state index < -0.39 is 18.5 Å². The molecule has 27 heavy (non-hydrogen) atoms. The van der Waals surface area contributed by atoms with Crippen LogP contribution in [0.25, 0.3) is 0 Å². The van der Waals surface area contributed by atoms with E-state index in [4.69, 9.17) is 18.7 Å². The average Bonchev–Trinajstić information content (AvgIpc) is 3.07. The summed E-state index contributed by atoms with van der Waals surface area (Å²) in [6, 6.07) is 6.36. The van der Waals surface area contributed by atoms with Crippen molar-refractivity contribution in [1.29, 1.82) is 0 Å². The molecule has 0 fully saturated rings. The van der Waals surface area contributed by atoms with Gasteiger partial charge in [0.25, 0.3) is 5.91 Å². The lowest BCUT2D eigenvalue weighted by atomic mass is 10.2. The number of nitrogens with one attached hydrogen (secondary N) is 1. The number of aryl methyl sites for hydroxylation is 1. The molecule has 0 spiro atoms. The van der Waals surface area contributed by atoms with Crippen LogP contribution in [-0.4, -0.2) is 36.9 Å². The van der Waals surface area contributed by atoms with Crippen molar-refractivity contribution in [2.45, 2.75) is 33.6 Å². The van der Waals surface area contributed by atoms with E-state index in [2.05, 4.69) is 10.5 Å². The van der Waals surface area contributed by atoms with Crippen molar-refractivity contribution < 1.29 is 28.3 Å². The van der Waals surface area contributed by atoms with Gasteiger partial charge in [-0.1, -0.05) is 19.0 Å². The Bertz CT molecular complexity index is 771. The summed E-state index contributed by atoms with van der Waals surface area (Å²) in [4.78, 5) is 24.0. The van der Waals surface area contributed by atoms with Gasteiger partial charge in [-0.2, -0.15) is 0 Å². The number of aromatic nitrogens is 1. The summed E-state index contributed by atoms with van der Waals surface area (Å²) in [5.41, 5.74) is 0.273. The molecule has 1 aromatic heterocycles. The highest BCUT2D eigenvalue weighted by Crippen LogP contribution is 2.29. The summed E-state index contributed by atoms with van der Waals surface area (Å²) in [6.07, 6.45) is 1.68. The minimum Gasteiger partial charge on any atom is -0.490 e. The van der Waals surface area contributed by atoms with Crippen LogP contribution in [0.5, 0.6) is 11.5 Å². The van der Waals surface area contributed by atoms with Gasteiger partial charge in [0.15, 0.2) is 23.9 Å². The topological polar surface area (TPSA) is 99.9 Å². The Morgan fingerprint density at radius 1 is 1.07 bits per heavy atom. The smallest absolute Gasteiger partial charge is 0.338 e. The summed E-state index contributed by atoms with van der Waals surface area (Å²) in [5, 5.41) is 6.11. The summed E-state index contributed by atoms with van der Waals surface area (Å²) < 4.78 is 21.2. The van der Waals surface area contributed by atoms with Crippen molar-refractivity contribution in [2.75, 3.05) is 25.1 Å². The van der Waals surface area contributed by atoms with Gasteiger partial charge in [0.05, 0.1) is 18.8 Å². The zero-order valence-corrected chi connectivity index (χ0v) is 15.7. The predicted molar refractivity (Wildman–Crippen MR) is 98.2 cm³/mol. The minimum absolute atomic E-state index is 0.265. The normalized spacial score (nSPS) is 10.3. The maximum atomic E-state index is 12.2. The van der Waals surface area contributed by atoms with E-state index in [0.717, 1.165) is 12.8 Å². The quantitative estimate of drug-likeness (QED) is 0.635. The first kappa shape index (κ1) is 20.3. The standard InChI is InChI=1S/C19H24N2O6/c1-4-8-24-15-7-6-14(11-16(15)25-9-5-2)19(23)26-12-18(22)20-17-10-13(3)27-21-17/h6-7,10-11H,4-5,8-9,12H2,1-3H3,(H,20,21,22). The molecule has 8 nitrogen and oxygen atoms in total. The van der Waals surface area contributed by atoms with Gasteiger partial charge in [0.1, 0.15) is 5.76 Å². The molecular formula is C19H24N2O6. The predicted octanol–water partition coefficient (Wildman–Crippen LogP) is 3.36. The number of anilines is 1. The molecule has 0 aliphatic carbocycles. The van der Waals surface area contributed by atoms with Gasteiger partial charge >= 0.3 is 5.97 Å². The molecular weight excluding hydrogens is 352 g/mol. The van der Waals surface area contributed by atoms with Crippen molar-refractivity contribution in [3.05, 3.63) is 35.6 Å². The molecule has 1 N–H and O–H groups in total. The Hall–Kier alpha value is -3.03. The van der Waals surface area contributed by atoms with E-state index in [9.17, 15) is 9.59 Å². The maximum Gasteiger partial charge on any atom is 0.338 e. The first-order valence-corrected chi connectivity index (χ1v) is 8.83. The van der Waals surface area contributed by atoms with Gasteiger partial charge in [0.2, 0.25) is 0 Å². The number of ether oxygens (including phenoxy) is 3. The van der Waals surface area contributed by atoms with Gasteiger partial charge in [0, 0.05) is 6.07 Å². The van der Waals surface area contributed by atoms with Crippen LogP contribution in [0.15, 0.2) is 28.8 Å². The molecule has 1 amide bonds. The van der Waals surface area contributed by atoms with Gasteiger partial charge in [-0.05, 0) is 38.0 Å². The fraction of sp³-hybridized carbons (Fsp3) is 0.421. The summed E-state index contributed by atoms with van der Waals surface area (Å²) in [7, 11) is 0. The van der Waals surface area contributed by atoms with Crippen LogP contribution < -0.4 is 14.8 Å². The molecule has 0 saturated carbocycles. The molecule has 2 rings (SSSR count). The van der Waals surface area contributed by atoms with Crippen molar-refractivity contribution in [3.63, 3.8) is 0 Å². The maximum absolute atomic E-state index is 12.2. The van der Waals surface area contributed by atoms with Crippen molar-refractivity contribution in [2.24, 2.45) is 0 Å². The highest BCUT2D eigenvalue weighted by molar-refractivity contribution is 5.95. The number of carbonyl (C=O) groups is 2. The molecule has 1 aromatic carbocycles. The lowest BCUT2D eigenvalue weighted by Crippen LogP contribution is -2.21. The molecule has 0 atom stereocenters. The number of amides is 1. The van der Waals surface area contributed by atoms with E-state index in [0.29, 0.717) is 30.5 Å². The molecule has 2 aromatic rings. The Kier molecular flexibility index (Phi) is 7.66. The average molecular weight is 376 g/mol. The molecule has 1 heterocycles. The molecule has 0 aliphatic heterocycles. The monoisotopic (exact) mass is 376 g/mol. The highest BCUT2D eigenvalue weighted by Gasteiger charge is 2.15. The lowest BCUT2D eigenvalue weighted by Gasteiger charge is -2.13. The zero-order chi connectivity index (χ0) is 19.6. The number of esters is 1. The third kappa shape index (κ3) is 6.32. The van der Waals surface area contributed by atoms with Crippen molar-refractivity contribution in [1.82, 2.24) is 5.16 Å². The largest absolute Gasteiger partial charge is 0.490 e. The van der Waals surface area contributed by atoms with Gasteiger partial charge in [-0.25, -0.2) is 4.79 Å². The third-order valence-electron chi connectivity index (χ3n) is 3.33. The Balaban J connectivity index is 1.96. The Morgan fingerprint density at radius 2 is 1.78 bits per heavy atom. The SMILES string of the molecule is CCCOc1ccc(C(=O)OCC(=O)Nc2cc(C)on2)cc1OCCC. The van der Waals surface area contributed by atoms with E-state index in [1.165, 1.54) is 0 Å². The van der Waals surface area contributed by atoms with Gasteiger partial charge < -0.3 is 24.1 Å². The van der Waals surface area contributed by atoms with Crippen molar-refractivity contribution >= 4 is 17.7 Å². The summed E-state index contributed by atoms with van der Waals surface area (Å²) >= 11 is 0. The third-order valence-corrected chi connectivity index (χ3v) is 3.33. The Labute approximate surface area is 157 Å². The van der Waals surface area contributed by atoms with Gasteiger partial charge in [-0.15, -0.1) is 0 Å². The van der Waals surface area contributed by atoms with Crippen LogP contribution >= 0.6 is 0 Å². The molecule has 0 radical (unpaired) electrons. The molecule has 146 valence electrons. The molecule has 8 heteroatoms. The van der Waals surface area contributed by atoms with Crippen LogP contribution in [-0.2, 0) is 9.53 Å². The molecule has 0 saturated heterocycles. The number of hydrogen-bond donors (Lipinski definition) is 1. The van der Waals surface area contributed by atoms with Crippen LogP contribution in [0, 0.1) is 6.92 Å². The molecule has 0 bridgehead atoms. The van der Waals surface area contributed by atoms with E-state index >= 15 is 0 Å². The lowest BCUT2D eigenvalue weighted by molar-refractivity contribution is -0.119. The number of hydrogen-bond acceptors (Lipinski definition) is 7. The second-order valence-corrected chi connectivity index (χ2v) is 5.81.